The van der Waals surface area contributed by atoms with E-state index in [0.717, 1.165) is 17.8 Å². The third kappa shape index (κ3) is 3.55. The van der Waals surface area contributed by atoms with E-state index < -0.39 is 0 Å². The lowest BCUT2D eigenvalue weighted by Crippen LogP contribution is -2.09. The minimum atomic E-state index is 0.00301. The zero-order valence-electron chi connectivity index (χ0n) is 11.7. The Morgan fingerprint density at radius 1 is 1.16 bits per heavy atom. The summed E-state index contributed by atoms with van der Waals surface area (Å²) >= 11 is 0. The van der Waals surface area contributed by atoms with Gasteiger partial charge in [0.25, 0.3) is 0 Å². The lowest BCUT2D eigenvalue weighted by atomic mass is 10.1. The summed E-state index contributed by atoms with van der Waals surface area (Å²) in [7, 11) is 1.93. The highest BCUT2D eigenvalue weighted by atomic mass is 16.5. The van der Waals surface area contributed by atoms with Crippen molar-refractivity contribution in [1.29, 1.82) is 0 Å². The monoisotopic (exact) mass is 256 g/mol. The molecule has 3 nitrogen and oxygen atoms in total. The van der Waals surface area contributed by atoms with E-state index in [0.29, 0.717) is 5.88 Å². The molecule has 0 saturated carbocycles. The molecule has 100 valence electrons. The van der Waals surface area contributed by atoms with Crippen LogP contribution < -0.4 is 10.1 Å². The van der Waals surface area contributed by atoms with Gasteiger partial charge in [-0.3, -0.25) is 0 Å². The molecule has 0 saturated heterocycles. The van der Waals surface area contributed by atoms with Gasteiger partial charge in [-0.25, -0.2) is 4.98 Å². The number of hydrogen-bond donors (Lipinski definition) is 1. The molecule has 19 heavy (non-hydrogen) atoms. The number of nitrogens with one attached hydrogen (secondary N) is 1. The van der Waals surface area contributed by atoms with Crippen LogP contribution >= 0.6 is 0 Å². The zero-order chi connectivity index (χ0) is 13.7. The zero-order valence-corrected chi connectivity index (χ0v) is 11.7. The lowest BCUT2D eigenvalue weighted by Gasteiger charge is -2.15. The Morgan fingerprint density at radius 3 is 2.53 bits per heavy atom. The molecule has 1 aromatic heterocycles. The second-order valence-corrected chi connectivity index (χ2v) is 4.60. The molecule has 2 aromatic rings. The third-order valence-electron chi connectivity index (χ3n) is 3.10. The van der Waals surface area contributed by atoms with Crippen LogP contribution in [0, 0.1) is 6.92 Å². The fraction of sp³-hybridized carbons (Fsp3) is 0.312. The van der Waals surface area contributed by atoms with Gasteiger partial charge in [-0.2, -0.15) is 0 Å². The van der Waals surface area contributed by atoms with Crippen LogP contribution in [0.2, 0.25) is 0 Å². The van der Waals surface area contributed by atoms with E-state index in [-0.39, 0.29) is 6.10 Å². The summed E-state index contributed by atoms with van der Waals surface area (Å²) in [6.45, 7) is 4.87. The van der Waals surface area contributed by atoms with Gasteiger partial charge in [0.15, 0.2) is 0 Å². The molecule has 0 aliphatic rings. The molecule has 0 radical (unpaired) electrons. The maximum absolute atomic E-state index is 5.88. The first-order valence-electron chi connectivity index (χ1n) is 6.53. The van der Waals surface area contributed by atoms with Crippen LogP contribution in [0.15, 0.2) is 42.5 Å². The Bertz CT molecular complexity index is 526. The fourth-order valence-electron chi connectivity index (χ4n) is 1.98. The molecule has 1 heterocycles. The van der Waals surface area contributed by atoms with Crippen molar-refractivity contribution in [2.24, 2.45) is 0 Å². The summed E-state index contributed by atoms with van der Waals surface area (Å²) in [4.78, 5) is 4.50. The Labute approximate surface area is 114 Å². The molecular weight excluding hydrogens is 236 g/mol. The first kappa shape index (κ1) is 13.6. The van der Waals surface area contributed by atoms with Gasteiger partial charge in [-0.1, -0.05) is 36.4 Å². The first-order chi connectivity index (χ1) is 9.20. The minimum Gasteiger partial charge on any atom is -0.470 e. The molecule has 1 unspecified atom stereocenters. The summed E-state index contributed by atoms with van der Waals surface area (Å²) in [6.07, 6.45) is 0.00301. The van der Waals surface area contributed by atoms with E-state index in [4.69, 9.17) is 4.74 Å². The average Bonchev–Trinajstić information content (AvgIpc) is 2.43. The number of pyridine rings is 1. The summed E-state index contributed by atoms with van der Waals surface area (Å²) < 4.78 is 5.88. The molecule has 1 atom stereocenters. The summed E-state index contributed by atoms with van der Waals surface area (Å²) in [5, 5.41) is 3.13. The Morgan fingerprint density at radius 2 is 1.89 bits per heavy atom. The predicted octanol–water partition coefficient (Wildman–Crippen LogP) is 3.25. The molecule has 1 aromatic carbocycles. The van der Waals surface area contributed by atoms with Crippen LogP contribution in [0.4, 0.5) is 0 Å². The molecule has 0 bridgehead atoms. The van der Waals surface area contributed by atoms with Crippen molar-refractivity contribution in [2.75, 3.05) is 7.05 Å². The number of nitrogens with zero attached hydrogens (tertiary/aromatic N) is 1. The number of rotatable bonds is 5. The van der Waals surface area contributed by atoms with Gasteiger partial charge in [-0.15, -0.1) is 0 Å². The molecule has 0 fully saturated rings. The van der Waals surface area contributed by atoms with Gasteiger partial charge in [0, 0.05) is 18.3 Å². The molecule has 0 aliphatic carbocycles. The highest BCUT2D eigenvalue weighted by molar-refractivity contribution is 5.26. The molecule has 2 rings (SSSR count). The van der Waals surface area contributed by atoms with E-state index in [9.17, 15) is 0 Å². The van der Waals surface area contributed by atoms with E-state index >= 15 is 0 Å². The van der Waals surface area contributed by atoms with Gasteiger partial charge in [-0.05, 0) is 32.0 Å². The highest BCUT2D eigenvalue weighted by Gasteiger charge is 2.08. The van der Waals surface area contributed by atoms with Gasteiger partial charge in [0.05, 0.1) is 0 Å². The minimum absolute atomic E-state index is 0.00301. The maximum Gasteiger partial charge on any atom is 0.214 e. The smallest absolute Gasteiger partial charge is 0.214 e. The molecule has 3 heteroatoms. The summed E-state index contributed by atoms with van der Waals surface area (Å²) in [5.41, 5.74) is 3.36. The number of hydrogen-bond acceptors (Lipinski definition) is 3. The Hall–Kier alpha value is -1.87. The summed E-state index contributed by atoms with van der Waals surface area (Å²) in [5.74, 6) is 0.675. The van der Waals surface area contributed by atoms with Gasteiger partial charge >= 0.3 is 0 Å². The largest absolute Gasteiger partial charge is 0.470 e. The highest BCUT2D eigenvalue weighted by Crippen LogP contribution is 2.21. The lowest BCUT2D eigenvalue weighted by molar-refractivity contribution is 0.217. The molecule has 0 spiro atoms. The number of benzene rings is 1. The molecule has 0 aliphatic heterocycles. The van der Waals surface area contributed by atoms with Crippen molar-refractivity contribution in [1.82, 2.24) is 10.3 Å². The van der Waals surface area contributed by atoms with Crippen LogP contribution in [0.25, 0.3) is 0 Å². The standard InChI is InChI=1S/C16H20N2O/c1-12-15(11-17-3)9-10-16(18-12)19-13(2)14-7-5-4-6-8-14/h4-10,13,17H,11H2,1-3H3. The van der Waals surface area contributed by atoms with Crippen molar-refractivity contribution in [3.63, 3.8) is 0 Å². The summed E-state index contributed by atoms with van der Waals surface area (Å²) in [6, 6.07) is 14.2. The normalized spacial score (nSPS) is 12.2. The quantitative estimate of drug-likeness (QED) is 0.891. The molecule has 1 N–H and O–H groups in total. The van der Waals surface area contributed by atoms with Crippen LogP contribution in [0.1, 0.15) is 29.8 Å². The third-order valence-corrected chi connectivity index (χ3v) is 3.10. The van der Waals surface area contributed by atoms with Gasteiger partial charge < -0.3 is 10.1 Å². The average molecular weight is 256 g/mol. The van der Waals surface area contributed by atoms with Crippen molar-refractivity contribution in [3.05, 3.63) is 59.3 Å². The second kappa shape index (κ2) is 6.34. The molecular formula is C16H20N2O. The Balaban J connectivity index is 2.09. The van der Waals surface area contributed by atoms with Crippen molar-refractivity contribution >= 4 is 0 Å². The van der Waals surface area contributed by atoms with E-state index in [1.54, 1.807) is 0 Å². The van der Waals surface area contributed by atoms with E-state index in [2.05, 4.69) is 28.5 Å². The van der Waals surface area contributed by atoms with E-state index in [1.165, 1.54) is 5.56 Å². The van der Waals surface area contributed by atoms with Gasteiger partial charge in [0.1, 0.15) is 6.10 Å². The number of aromatic nitrogens is 1. The van der Waals surface area contributed by atoms with Crippen LogP contribution in [-0.2, 0) is 6.54 Å². The SMILES string of the molecule is CNCc1ccc(OC(C)c2ccccc2)nc1C. The second-order valence-electron chi connectivity index (χ2n) is 4.60. The maximum atomic E-state index is 5.88. The predicted molar refractivity (Wildman–Crippen MR) is 77.2 cm³/mol. The number of aryl methyl sites for hydroxylation is 1. The van der Waals surface area contributed by atoms with Gasteiger partial charge in [0.2, 0.25) is 5.88 Å². The number of ether oxygens (including phenoxy) is 1. The first-order valence-corrected chi connectivity index (χ1v) is 6.53. The van der Waals surface area contributed by atoms with Crippen molar-refractivity contribution < 1.29 is 4.74 Å². The van der Waals surface area contributed by atoms with Crippen molar-refractivity contribution in [3.8, 4) is 5.88 Å². The molecule has 0 amide bonds. The van der Waals surface area contributed by atoms with E-state index in [1.807, 2.05) is 45.2 Å². The van der Waals surface area contributed by atoms with Crippen LogP contribution in [-0.4, -0.2) is 12.0 Å². The van der Waals surface area contributed by atoms with Crippen molar-refractivity contribution in [2.45, 2.75) is 26.5 Å². The topological polar surface area (TPSA) is 34.1 Å². The van der Waals surface area contributed by atoms with Crippen LogP contribution in [0.3, 0.4) is 0 Å². The van der Waals surface area contributed by atoms with Crippen LogP contribution in [0.5, 0.6) is 5.88 Å². The fourth-order valence-corrected chi connectivity index (χ4v) is 1.98. The Kier molecular flexibility index (Phi) is 4.53.